The lowest BCUT2D eigenvalue weighted by Gasteiger charge is -2.35. The van der Waals surface area contributed by atoms with E-state index in [4.69, 9.17) is 4.52 Å². The highest BCUT2D eigenvalue weighted by Gasteiger charge is 2.30. The number of anilines is 1. The van der Waals surface area contributed by atoms with Gasteiger partial charge in [-0.25, -0.2) is 4.39 Å². The van der Waals surface area contributed by atoms with Crippen molar-refractivity contribution in [2.75, 3.05) is 31.1 Å². The van der Waals surface area contributed by atoms with E-state index in [0.29, 0.717) is 24.3 Å². The zero-order valence-electron chi connectivity index (χ0n) is 20.6. The third kappa shape index (κ3) is 4.45. The second-order valence-electron chi connectivity index (χ2n) is 10.5. The average molecular weight is 490 g/mol. The van der Waals surface area contributed by atoms with Crippen molar-refractivity contribution in [1.82, 2.24) is 10.1 Å². The van der Waals surface area contributed by atoms with Gasteiger partial charge in [0, 0.05) is 42.3 Å². The van der Waals surface area contributed by atoms with Crippen molar-refractivity contribution in [1.29, 1.82) is 0 Å². The molecule has 0 atom stereocenters. The molecule has 188 valence electrons. The number of rotatable bonds is 7. The van der Waals surface area contributed by atoms with Gasteiger partial charge >= 0.3 is 0 Å². The summed E-state index contributed by atoms with van der Waals surface area (Å²) in [4.78, 5) is 29.7. The number of hydrogen-bond acceptors (Lipinski definition) is 5. The number of carbonyl (C=O) groups is 2. The molecule has 0 bridgehead atoms. The van der Waals surface area contributed by atoms with Crippen LogP contribution in [0.5, 0.6) is 0 Å². The molecule has 0 aliphatic carbocycles. The summed E-state index contributed by atoms with van der Waals surface area (Å²) in [6.45, 7) is 3.80. The number of carbonyl (C=O) groups excluding carboxylic acids is 2. The highest BCUT2D eigenvalue weighted by atomic mass is 19.1. The largest absolute Gasteiger partial charge is 0.356 e. The lowest BCUT2D eigenvalue weighted by molar-refractivity contribution is -0.119. The zero-order chi connectivity index (χ0) is 24.6. The van der Waals surface area contributed by atoms with Crippen LogP contribution in [0.15, 0.2) is 34.9 Å². The number of halogens is 1. The van der Waals surface area contributed by atoms with Crippen LogP contribution in [0.25, 0.3) is 11.0 Å². The van der Waals surface area contributed by atoms with Gasteiger partial charge in [0.05, 0.1) is 11.4 Å². The summed E-state index contributed by atoms with van der Waals surface area (Å²) < 4.78 is 18.8. The normalized spacial score (nSPS) is 18.6. The monoisotopic (exact) mass is 489 g/mol. The quantitative estimate of drug-likeness (QED) is 0.327. The van der Waals surface area contributed by atoms with E-state index < -0.39 is 0 Å². The van der Waals surface area contributed by atoms with E-state index in [1.165, 1.54) is 23.3 Å². The van der Waals surface area contributed by atoms with Crippen molar-refractivity contribution in [3.05, 3.63) is 58.5 Å². The lowest BCUT2D eigenvalue weighted by Crippen LogP contribution is -2.39. The third-order valence-corrected chi connectivity index (χ3v) is 8.16. The molecule has 6 nitrogen and oxygen atoms in total. The predicted octanol–water partition coefficient (Wildman–Crippen LogP) is 5.42. The first-order valence-electron chi connectivity index (χ1n) is 13.3. The second-order valence-corrected chi connectivity index (χ2v) is 10.5. The molecule has 1 aromatic heterocycles. The molecule has 0 unspecified atom stereocenters. The molecule has 0 radical (unpaired) electrons. The van der Waals surface area contributed by atoms with Crippen molar-refractivity contribution >= 4 is 28.3 Å². The van der Waals surface area contributed by atoms with Gasteiger partial charge in [0.25, 0.3) is 0 Å². The van der Waals surface area contributed by atoms with E-state index in [9.17, 15) is 14.0 Å². The maximum Gasteiger partial charge on any atom is 0.227 e. The fourth-order valence-electron chi connectivity index (χ4n) is 6.23. The van der Waals surface area contributed by atoms with Crippen LogP contribution in [0.1, 0.15) is 78.0 Å². The number of aryl methyl sites for hydroxylation is 2. The predicted molar refractivity (Wildman–Crippen MR) is 136 cm³/mol. The Morgan fingerprint density at radius 3 is 2.67 bits per heavy atom. The summed E-state index contributed by atoms with van der Waals surface area (Å²) in [5, 5.41) is 5.16. The molecule has 36 heavy (non-hydrogen) atoms. The molecule has 0 saturated carbocycles. The van der Waals surface area contributed by atoms with Crippen molar-refractivity contribution < 1.29 is 18.5 Å². The molecule has 0 N–H and O–H groups in total. The van der Waals surface area contributed by atoms with Crippen LogP contribution in [-0.4, -0.2) is 47.9 Å². The number of aromatic nitrogens is 1. The number of fused-ring (bicyclic) bond motifs is 1. The Morgan fingerprint density at radius 2 is 1.83 bits per heavy atom. The minimum atomic E-state index is -0.303. The van der Waals surface area contributed by atoms with Crippen LogP contribution in [0.2, 0.25) is 0 Å². The van der Waals surface area contributed by atoms with E-state index in [1.807, 2.05) is 17.0 Å². The van der Waals surface area contributed by atoms with E-state index in [2.05, 4.69) is 10.1 Å². The van der Waals surface area contributed by atoms with Gasteiger partial charge in [-0.05, 0) is 100.0 Å². The number of benzene rings is 2. The van der Waals surface area contributed by atoms with Crippen LogP contribution < -0.4 is 4.90 Å². The number of amides is 1. The van der Waals surface area contributed by atoms with Gasteiger partial charge < -0.3 is 14.3 Å². The summed E-state index contributed by atoms with van der Waals surface area (Å²) in [5.74, 6) is 0.473. The molecule has 7 heteroatoms. The van der Waals surface area contributed by atoms with Crippen molar-refractivity contribution in [3.63, 3.8) is 0 Å². The first kappa shape index (κ1) is 23.3. The number of likely N-dealkylation sites (tertiary alicyclic amines) is 1. The minimum absolute atomic E-state index is 0.219. The Kier molecular flexibility index (Phi) is 6.34. The summed E-state index contributed by atoms with van der Waals surface area (Å²) in [6, 6.07) is 8.72. The fraction of sp³-hybridized carbons (Fsp3) is 0.483. The Bertz CT molecular complexity index is 1290. The smallest absolute Gasteiger partial charge is 0.227 e. The van der Waals surface area contributed by atoms with Crippen LogP contribution >= 0.6 is 0 Å². The van der Waals surface area contributed by atoms with Gasteiger partial charge in [0.2, 0.25) is 5.91 Å². The molecular weight excluding hydrogens is 457 g/mol. The van der Waals surface area contributed by atoms with E-state index in [-0.39, 0.29) is 17.5 Å². The number of unbranched alkanes of at least 4 members (excludes halogenated alkanes) is 1. The number of nitrogens with zero attached hydrogens (tertiary/aromatic N) is 3. The molecule has 3 aromatic rings. The van der Waals surface area contributed by atoms with Crippen molar-refractivity contribution in [2.24, 2.45) is 0 Å². The molecule has 1 fully saturated rings. The molecule has 1 amide bonds. The summed E-state index contributed by atoms with van der Waals surface area (Å²) in [7, 11) is 0. The molecule has 1 saturated heterocycles. The number of Topliss-reactive ketones (excluding diaryl/α,β-unsaturated/α-hetero) is 1. The summed E-state index contributed by atoms with van der Waals surface area (Å²) in [5.41, 5.74) is 5.72. The van der Waals surface area contributed by atoms with Crippen LogP contribution in [0.4, 0.5) is 10.1 Å². The molecule has 4 heterocycles. The molecule has 3 aliphatic heterocycles. The van der Waals surface area contributed by atoms with E-state index >= 15 is 0 Å². The summed E-state index contributed by atoms with van der Waals surface area (Å²) >= 11 is 0. The minimum Gasteiger partial charge on any atom is -0.356 e. The maximum absolute atomic E-state index is 13.4. The van der Waals surface area contributed by atoms with Crippen molar-refractivity contribution in [2.45, 2.75) is 63.7 Å². The summed E-state index contributed by atoms with van der Waals surface area (Å²) in [6.07, 6.45) is 7.69. The Morgan fingerprint density at radius 1 is 1.03 bits per heavy atom. The molecule has 2 aromatic carbocycles. The second kappa shape index (κ2) is 9.77. The number of ketones is 1. The first-order chi connectivity index (χ1) is 17.6. The topological polar surface area (TPSA) is 66.7 Å². The molecule has 6 rings (SSSR count). The van der Waals surface area contributed by atoms with Gasteiger partial charge in [0.1, 0.15) is 5.82 Å². The highest BCUT2D eigenvalue weighted by molar-refractivity contribution is 6.01. The van der Waals surface area contributed by atoms with Gasteiger partial charge in [-0.3, -0.25) is 9.59 Å². The van der Waals surface area contributed by atoms with Gasteiger partial charge in [0.15, 0.2) is 11.4 Å². The maximum atomic E-state index is 13.4. The highest BCUT2D eigenvalue weighted by Crippen LogP contribution is 2.37. The zero-order valence-corrected chi connectivity index (χ0v) is 20.6. The molecule has 3 aliphatic rings. The molecular formula is C29H32FN3O3. The fourth-order valence-corrected chi connectivity index (χ4v) is 6.23. The van der Waals surface area contributed by atoms with Crippen molar-refractivity contribution in [3.8, 4) is 0 Å². The van der Waals surface area contributed by atoms with Gasteiger partial charge in [-0.15, -0.1) is 0 Å². The van der Waals surface area contributed by atoms with Crippen LogP contribution in [-0.2, 0) is 17.6 Å². The Labute approximate surface area is 210 Å². The van der Waals surface area contributed by atoms with Gasteiger partial charge in [-0.1, -0.05) is 5.16 Å². The molecule has 0 spiro atoms. The third-order valence-electron chi connectivity index (χ3n) is 8.16. The Hall–Kier alpha value is -3.06. The first-order valence-corrected chi connectivity index (χ1v) is 13.3. The van der Waals surface area contributed by atoms with Gasteiger partial charge in [-0.2, -0.15) is 0 Å². The van der Waals surface area contributed by atoms with Crippen LogP contribution in [0.3, 0.4) is 0 Å². The lowest BCUT2D eigenvalue weighted by atomic mass is 9.88. The Balaban J connectivity index is 0.988. The SMILES string of the molecule is O=C(CCCCN1CCC(c2noc3cc(F)ccc23)CC1)c1cc2c3c(c1)CCC(=O)N3CCC2. The number of hydrogen-bond donors (Lipinski definition) is 0. The average Bonchev–Trinajstić information content (AvgIpc) is 3.32. The van der Waals surface area contributed by atoms with E-state index in [1.54, 1.807) is 6.07 Å². The standard InChI is InChI=1S/C29H32FN3O3/c30-23-7-8-24-26(18-23)36-31-28(24)19-10-14-32(15-11-19)12-2-1-5-25(34)22-16-20-4-3-13-33-27(35)9-6-21(17-22)29(20)33/h7-8,16-19H,1-6,9-15H2. The van der Waals surface area contributed by atoms with E-state index in [0.717, 1.165) is 93.5 Å². The van der Waals surface area contributed by atoms with Crippen LogP contribution in [0, 0.1) is 5.82 Å². The number of piperidine rings is 1.